The van der Waals surface area contributed by atoms with Crippen molar-refractivity contribution in [2.75, 3.05) is 6.54 Å². The van der Waals surface area contributed by atoms with Gasteiger partial charge < -0.3 is 10.3 Å². The van der Waals surface area contributed by atoms with Crippen LogP contribution in [-0.2, 0) is 6.42 Å². The number of nitrogens with zero attached hydrogens (tertiary/aromatic N) is 2. The number of imidazole rings is 1. The molecule has 21 heavy (non-hydrogen) atoms. The van der Waals surface area contributed by atoms with Crippen molar-refractivity contribution in [1.29, 1.82) is 0 Å². The fourth-order valence-electron chi connectivity index (χ4n) is 2.11. The maximum Gasteiger partial charge on any atom is 0.255 e. The summed E-state index contributed by atoms with van der Waals surface area (Å²) in [4.78, 5) is 19.2. The van der Waals surface area contributed by atoms with Crippen molar-refractivity contribution in [3.05, 3.63) is 60.3 Å². The summed E-state index contributed by atoms with van der Waals surface area (Å²) in [5.41, 5.74) is 3.21. The van der Waals surface area contributed by atoms with Gasteiger partial charge in [0.05, 0.1) is 23.8 Å². The monoisotopic (exact) mass is 281 g/mol. The lowest BCUT2D eigenvalue weighted by Gasteiger charge is -2.05. The molecule has 0 aliphatic rings. The molecule has 0 atom stereocenters. The molecule has 6 nitrogen and oxygen atoms in total. The molecule has 0 aliphatic carbocycles. The zero-order valence-corrected chi connectivity index (χ0v) is 11.3. The first-order valence-electron chi connectivity index (χ1n) is 6.69. The Balaban J connectivity index is 1.67. The van der Waals surface area contributed by atoms with E-state index in [1.165, 1.54) is 0 Å². The zero-order chi connectivity index (χ0) is 14.5. The molecular weight excluding hydrogens is 266 g/mol. The molecule has 0 spiro atoms. The van der Waals surface area contributed by atoms with Gasteiger partial charge in [-0.1, -0.05) is 30.3 Å². The van der Waals surface area contributed by atoms with Gasteiger partial charge in [0.15, 0.2) is 0 Å². The molecule has 0 unspecified atom stereocenters. The van der Waals surface area contributed by atoms with Gasteiger partial charge in [0.25, 0.3) is 5.91 Å². The highest BCUT2D eigenvalue weighted by Crippen LogP contribution is 2.20. The van der Waals surface area contributed by atoms with Crippen LogP contribution in [0.4, 0.5) is 0 Å². The third-order valence-electron chi connectivity index (χ3n) is 3.18. The Labute approximate surface area is 121 Å². The molecule has 0 radical (unpaired) electrons. The molecule has 6 heteroatoms. The van der Waals surface area contributed by atoms with E-state index in [0.29, 0.717) is 18.5 Å². The van der Waals surface area contributed by atoms with Crippen molar-refractivity contribution >= 4 is 5.91 Å². The van der Waals surface area contributed by atoms with E-state index in [-0.39, 0.29) is 5.91 Å². The van der Waals surface area contributed by atoms with Crippen molar-refractivity contribution in [3.8, 4) is 11.3 Å². The molecule has 0 bridgehead atoms. The molecule has 1 aromatic carbocycles. The second-order valence-corrected chi connectivity index (χ2v) is 4.61. The summed E-state index contributed by atoms with van der Waals surface area (Å²) >= 11 is 0. The molecule has 0 fully saturated rings. The molecule has 0 saturated heterocycles. The predicted molar refractivity (Wildman–Crippen MR) is 78.6 cm³/mol. The lowest BCUT2D eigenvalue weighted by molar-refractivity contribution is 0.0955. The van der Waals surface area contributed by atoms with E-state index in [9.17, 15) is 4.79 Å². The Morgan fingerprint density at radius 1 is 1.19 bits per heavy atom. The number of benzene rings is 1. The SMILES string of the molecule is O=C(NCCc1cnc[nH]1)c1cn[nH]c1-c1ccccc1. The van der Waals surface area contributed by atoms with Crippen LogP contribution in [0, 0.1) is 0 Å². The minimum absolute atomic E-state index is 0.137. The highest BCUT2D eigenvalue weighted by molar-refractivity contribution is 5.99. The van der Waals surface area contributed by atoms with Gasteiger partial charge in [0, 0.05) is 30.4 Å². The van der Waals surface area contributed by atoms with Gasteiger partial charge in [-0.2, -0.15) is 5.10 Å². The van der Waals surface area contributed by atoms with Crippen molar-refractivity contribution in [3.63, 3.8) is 0 Å². The molecular formula is C15H15N5O. The fraction of sp³-hybridized carbons (Fsp3) is 0.133. The van der Waals surface area contributed by atoms with Crippen molar-refractivity contribution < 1.29 is 4.79 Å². The average molecular weight is 281 g/mol. The molecule has 0 aliphatic heterocycles. The van der Waals surface area contributed by atoms with Crippen molar-refractivity contribution in [2.24, 2.45) is 0 Å². The first-order valence-corrected chi connectivity index (χ1v) is 6.69. The standard InChI is InChI=1S/C15H15N5O/c21-15(17-7-6-12-8-16-10-18-12)13-9-19-20-14(13)11-4-2-1-3-5-11/h1-5,8-10H,6-7H2,(H,16,18)(H,17,21)(H,19,20). The molecule has 0 saturated carbocycles. The van der Waals surface area contributed by atoms with Gasteiger partial charge >= 0.3 is 0 Å². The molecule has 3 aromatic rings. The summed E-state index contributed by atoms with van der Waals surface area (Å²) in [5, 5.41) is 9.74. The van der Waals surface area contributed by atoms with Crippen LogP contribution >= 0.6 is 0 Å². The maximum absolute atomic E-state index is 12.2. The number of nitrogens with one attached hydrogen (secondary N) is 3. The molecule has 3 rings (SSSR count). The minimum Gasteiger partial charge on any atom is -0.352 e. The summed E-state index contributed by atoms with van der Waals surface area (Å²) < 4.78 is 0. The second-order valence-electron chi connectivity index (χ2n) is 4.61. The minimum atomic E-state index is -0.137. The Bertz CT molecular complexity index is 703. The fourth-order valence-corrected chi connectivity index (χ4v) is 2.11. The van der Waals surface area contributed by atoms with Gasteiger partial charge in [-0.25, -0.2) is 4.98 Å². The number of rotatable bonds is 5. The van der Waals surface area contributed by atoms with Gasteiger partial charge in [-0.3, -0.25) is 9.89 Å². The summed E-state index contributed by atoms with van der Waals surface area (Å²) in [6, 6.07) is 9.67. The largest absolute Gasteiger partial charge is 0.352 e. The topological polar surface area (TPSA) is 86.5 Å². The van der Waals surface area contributed by atoms with Crippen LogP contribution in [0.3, 0.4) is 0 Å². The third kappa shape index (κ3) is 3.00. The molecule has 106 valence electrons. The summed E-state index contributed by atoms with van der Waals surface area (Å²) in [6.45, 7) is 0.542. The average Bonchev–Trinajstić information content (AvgIpc) is 3.19. The van der Waals surface area contributed by atoms with E-state index >= 15 is 0 Å². The Kier molecular flexibility index (Phi) is 3.77. The van der Waals surface area contributed by atoms with E-state index in [4.69, 9.17) is 0 Å². The van der Waals surface area contributed by atoms with E-state index in [2.05, 4.69) is 25.5 Å². The Morgan fingerprint density at radius 2 is 2.05 bits per heavy atom. The predicted octanol–water partition coefficient (Wildman–Crippen LogP) is 1.77. The quantitative estimate of drug-likeness (QED) is 0.666. The lowest BCUT2D eigenvalue weighted by atomic mass is 10.1. The Hall–Kier alpha value is -2.89. The van der Waals surface area contributed by atoms with Crippen LogP contribution in [0.5, 0.6) is 0 Å². The number of aromatic nitrogens is 4. The number of hydrogen-bond acceptors (Lipinski definition) is 3. The summed E-state index contributed by atoms with van der Waals surface area (Å²) in [6.07, 6.45) is 5.64. The second kappa shape index (κ2) is 6.04. The van der Waals surface area contributed by atoms with Gasteiger partial charge in [-0.05, 0) is 0 Å². The van der Waals surface area contributed by atoms with Gasteiger partial charge in [-0.15, -0.1) is 0 Å². The van der Waals surface area contributed by atoms with Crippen LogP contribution in [0.2, 0.25) is 0 Å². The number of hydrogen-bond donors (Lipinski definition) is 3. The van der Waals surface area contributed by atoms with E-state index in [0.717, 1.165) is 17.0 Å². The number of carbonyl (C=O) groups excluding carboxylic acids is 1. The lowest BCUT2D eigenvalue weighted by Crippen LogP contribution is -2.25. The number of amides is 1. The smallest absolute Gasteiger partial charge is 0.255 e. The van der Waals surface area contributed by atoms with Crippen LogP contribution in [0.1, 0.15) is 16.1 Å². The van der Waals surface area contributed by atoms with Crippen molar-refractivity contribution in [2.45, 2.75) is 6.42 Å². The van der Waals surface area contributed by atoms with Crippen LogP contribution in [0.15, 0.2) is 49.1 Å². The van der Waals surface area contributed by atoms with Gasteiger partial charge in [0.2, 0.25) is 0 Å². The highest BCUT2D eigenvalue weighted by Gasteiger charge is 2.14. The normalized spacial score (nSPS) is 10.5. The van der Waals surface area contributed by atoms with Crippen LogP contribution in [-0.4, -0.2) is 32.6 Å². The van der Waals surface area contributed by atoms with Crippen LogP contribution < -0.4 is 5.32 Å². The summed E-state index contributed by atoms with van der Waals surface area (Å²) in [5.74, 6) is -0.137. The highest BCUT2D eigenvalue weighted by atomic mass is 16.1. The number of carbonyl (C=O) groups is 1. The van der Waals surface area contributed by atoms with Gasteiger partial charge in [0.1, 0.15) is 0 Å². The van der Waals surface area contributed by atoms with E-state index < -0.39 is 0 Å². The van der Waals surface area contributed by atoms with Crippen LogP contribution in [0.25, 0.3) is 11.3 Å². The molecule has 3 N–H and O–H groups in total. The zero-order valence-electron chi connectivity index (χ0n) is 11.3. The maximum atomic E-state index is 12.2. The number of aromatic amines is 2. The molecule has 2 aromatic heterocycles. The van der Waals surface area contributed by atoms with Crippen molar-refractivity contribution in [1.82, 2.24) is 25.5 Å². The Morgan fingerprint density at radius 3 is 2.81 bits per heavy atom. The third-order valence-corrected chi connectivity index (χ3v) is 3.18. The molecule has 2 heterocycles. The molecule has 1 amide bonds. The van der Waals surface area contributed by atoms with E-state index in [1.807, 2.05) is 30.3 Å². The first kappa shape index (κ1) is 13.1. The van der Waals surface area contributed by atoms with E-state index in [1.54, 1.807) is 18.7 Å². The number of H-pyrrole nitrogens is 2. The summed E-state index contributed by atoms with van der Waals surface area (Å²) in [7, 11) is 0. The first-order chi connectivity index (χ1) is 10.3.